The van der Waals surface area contributed by atoms with Crippen molar-refractivity contribution in [3.8, 4) is 0 Å². The molecule has 1 aliphatic rings. The van der Waals surface area contributed by atoms with Crippen LogP contribution in [0.3, 0.4) is 0 Å². The van der Waals surface area contributed by atoms with Crippen molar-refractivity contribution in [1.29, 1.82) is 0 Å². The number of hydrogen-bond acceptors (Lipinski definition) is 1. The minimum atomic E-state index is 0.825. The number of hydrogen-bond donors (Lipinski definition) is 1. The summed E-state index contributed by atoms with van der Waals surface area (Å²) in [6, 6.07) is 8.34. The van der Waals surface area contributed by atoms with Crippen molar-refractivity contribution >= 4 is 21.9 Å². The molecule has 0 heterocycles. The van der Waals surface area contributed by atoms with Gasteiger partial charge in [-0.1, -0.05) is 34.1 Å². The Hall–Kier alpha value is -1.03. The Morgan fingerprint density at radius 2 is 2.16 bits per heavy atom. The van der Waals surface area contributed by atoms with Gasteiger partial charge in [0.25, 0.3) is 0 Å². The smallest absolute Gasteiger partial charge is 0.193 e. The van der Waals surface area contributed by atoms with Crippen LogP contribution in [0.1, 0.15) is 25.3 Å². The van der Waals surface area contributed by atoms with Gasteiger partial charge in [0.2, 0.25) is 0 Å². The van der Waals surface area contributed by atoms with E-state index in [2.05, 4.69) is 58.3 Å². The molecule has 0 spiro atoms. The minimum Gasteiger partial charge on any atom is -0.357 e. The van der Waals surface area contributed by atoms with Crippen molar-refractivity contribution in [3.05, 3.63) is 34.3 Å². The number of nitrogens with one attached hydrogen (secondary N) is 1. The van der Waals surface area contributed by atoms with Gasteiger partial charge in [-0.25, -0.2) is 0 Å². The molecule has 0 amide bonds. The molecular weight excluding hydrogens is 302 g/mol. The molecule has 1 N–H and O–H groups in total. The lowest BCUT2D eigenvalue weighted by atomic mass is 10.2. The highest BCUT2D eigenvalue weighted by Gasteiger charge is 2.21. The Morgan fingerprint density at radius 3 is 2.79 bits per heavy atom. The third kappa shape index (κ3) is 4.53. The number of aliphatic imine (C=N–C) groups is 1. The third-order valence-electron chi connectivity index (χ3n) is 3.26. The summed E-state index contributed by atoms with van der Waals surface area (Å²) in [7, 11) is 2.09. The van der Waals surface area contributed by atoms with Gasteiger partial charge < -0.3 is 10.2 Å². The second-order valence-corrected chi connectivity index (χ2v) is 5.94. The van der Waals surface area contributed by atoms with Crippen LogP contribution < -0.4 is 5.32 Å². The predicted molar refractivity (Wildman–Crippen MR) is 84.3 cm³/mol. The molecule has 1 aromatic carbocycles. The van der Waals surface area contributed by atoms with Crippen molar-refractivity contribution in [2.45, 2.75) is 26.3 Å². The summed E-state index contributed by atoms with van der Waals surface area (Å²) in [6.07, 6.45) is 2.69. The molecule has 0 radical (unpaired) electrons. The third-order valence-corrected chi connectivity index (χ3v) is 4.03. The average molecular weight is 324 g/mol. The first-order valence-electron chi connectivity index (χ1n) is 6.93. The van der Waals surface area contributed by atoms with Gasteiger partial charge in [-0.3, -0.25) is 4.99 Å². The Balaban J connectivity index is 1.99. The highest BCUT2D eigenvalue weighted by molar-refractivity contribution is 9.10. The molecule has 104 valence electrons. The van der Waals surface area contributed by atoms with E-state index in [0.29, 0.717) is 0 Å². The topological polar surface area (TPSA) is 27.6 Å². The van der Waals surface area contributed by atoms with Crippen molar-refractivity contribution < 1.29 is 0 Å². The molecule has 19 heavy (non-hydrogen) atoms. The predicted octanol–water partition coefficient (Wildman–Crippen LogP) is 3.26. The maximum Gasteiger partial charge on any atom is 0.193 e. The molecule has 0 saturated heterocycles. The molecule has 0 aromatic heterocycles. The molecule has 1 aliphatic carbocycles. The summed E-state index contributed by atoms with van der Waals surface area (Å²) in [5.41, 5.74) is 1.28. The van der Waals surface area contributed by atoms with Crippen molar-refractivity contribution in [2.75, 3.05) is 20.1 Å². The van der Waals surface area contributed by atoms with Crippen molar-refractivity contribution in [3.63, 3.8) is 0 Å². The SMILES string of the molecule is CCNC(=NCC1CC1)N(C)Cc1ccccc1Br. The maximum atomic E-state index is 4.72. The summed E-state index contributed by atoms with van der Waals surface area (Å²) >= 11 is 3.60. The van der Waals surface area contributed by atoms with Crippen LogP contribution in [0.4, 0.5) is 0 Å². The Morgan fingerprint density at radius 1 is 1.42 bits per heavy atom. The van der Waals surface area contributed by atoms with Crippen LogP contribution in [-0.4, -0.2) is 31.0 Å². The van der Waals surface area contributed by atoms with E-state index in [1.807, 2.05) is 6.07 Å². The van der Waals surface area contributed by atoms with Gasteiger partial charge in [0.15, 0.2) is 5.96 Å². The van der Waals surface area contributed by atoms with Crippen molar-refractivity contribution in [1.82, 2.24) is 10.2 Å². The lowest BCUT2D eigenvalue weighted by Gasteiger charge is -2.22. The number of nitrogens with zero attached hydrogens (tertiary/aromatic N) is 2. The van der Waals surface area contributed by atoms with Gasteiger partial charge in [0.1, 0.15) is 0 Å². The molecule has 1 fully saturated rings. The minimum absolute atomic E-state index is 0.825. The largest absolute Gasteiger partial charge is 0.357 e. The van der Waals surface area contributed by atoms with Crippen LogP contribution in [-0.2, 0) is 6.54 Å². The molecule has 3 nitrogen and oxygen atoms in total. The van der Waals surface area contributed by atoms with Gasteiger partial charge >= 0.3 is 0 Å². The van der Waals surface area contributed by atoms with E-state index >= 15 is 0 Å². The fourth-order valence-corrected chi connectivity index (χ4v) is 2.35. The summed E-state index contributed by atoms with van der Waals surface area (Å²) in [5, 5.41) is 3.37. The van der Waals surface area contributed by atoms with E-state index in [4.69, 9.17) is 4.99 Å². The zero-order valence-electron chi connectivity index (χ0n) is 11.7. The summed E-state index contributed by atoms with van der Waals surface area (Å²) < 4.78 is 1.15. The standard InChI is InChI=1S/C15H22BrN3/c1-3-17-15(18-10-12-8-9-12)19(2)11-13-6-4-5-7-14(13)16/h4-7,12H,3,8-11H2,1-2H3,(H,17,18). The van der Waals surface area contributed by atoms with Crippen molar-refractivity contribution in [2.24, 2.45) is 10.9 Å². The van der Waals surface area contributed by atoms with Crippen LogP contribution in [0.5, 0.6) is 0 Å². The van der Waals surface area contributed by atoms with E-state index in [-0.39, 0.29) is 0 Å². The molecule has 0 atom stereocenters. The fraction of sp³-hybridized carbons (Fsp3) is 0.533. The van der Waals surface area contributed by atoms with Gasteiger partial charge in [0.05, 0.1) is 0 Å². The Kier molecular flexibility index (Phi) is 5.25. The molecule has 0 bridgehead atoms. The summed E-state index contributed by atoms with van der Waals surface area (Å²) in [4.78, 5) is 6.90. The van der Waals surface area contributed by atoms with Gasteiger partial charge in [-0.15, -0.1) is 0 Å². The van der Waals surface area contributed by atoms with Gasteiger partial charge in [0, 0.05) is 31.2 Å². The van der Waals surface area contributed by atoms with Gasteiger partial charge in [-0.2, -0.15) is 0 Å². The molecule has 2 rings (SSSR count). The lowest BCUT2D eigenvalue weighted by molar-refractivity contribution is 0.475. The Bertz CT molecular complexity index is 441. The van der Waals surface area contributed by atoms with E-state index in [1.54, 1.807) is 0 Å². The summed E-state index contributed by atoms with van der Waals surface area (Å²) in [5.74, 6) is 1.83. The Labute approximate surface area is 124 Å². The monoisotopic (exact) mass is 323 g/mol. The van der Waals surface area contributed by atoms with Crippen LogP contribution in [0.25, 0.3) is 0 Å². The lowest BCUT2D eigenvalue weighted by Crippen LogP contribution is -2.38. The summed E-state index contributed by atoms with van der Waals surface area (Å²) in [6.45, 7) is 4.84. The van der Waals surface area contributed by atoms with E-state index in [1.165, 1.54) is 18.4 Å². The zero-order chi connectivity index (χ0) is 13.7. The first-order chi connectivity index (χ1) is 9.20. The normalized spacial score (nSPS) is 15.4. The quantitative estimate of drug-likeness (QED) is 0.665. The van der Waals surface area contributed by atoms with Crippen LogP contribution in [0, 0.1) is 5.92 Å². The number of benzene rings is 1. The molecular formula is C15H22BrN3. The van der Waals surface area contributed by atoms with Crippen LogP contribution >= 0.6 is 15.9 Å². The number of rotatable bonds is 5. The molecule has 0 unspecified atom stereocenters. The second kappa shape index (κ2) is 6.94. The molecule has 0 aliphatic heterocycles. The van der Waals surface area contributed by atoms with E-state index < -0.39 is 0 Å². The highest BCUT2D eigenvalue weighted by atomic mass is 79.9. The molecule has 1 aromatic rings. The second-order valence-electron chi connectivity index (χ2n) is 5.09. The molecule has 4 heteroatoms. The first kappa shape index (κ1) is 14.4. The van der Waals surface area contributed by atoms with Crippen LogP contribution in [0.15, 0.2) is 33.7 Å². The number of halogens is 1. The molecule has 1 saturated carbocycles. The fourth-order valence-electron chi connectivity index (χ4n) is 1.94. The van der Waals surface area contributed by atoms with E-state index in [0.717, 1.165) is 36.0 Å². The highest BCUT2D eigenvalue weighted by Crippen LogP contribution is 2.28. The van der Waals surface area contributed by atoms with Crippen LogP contribution in [0.2, 0.25) is 0 Å². The van der Waals surface area contributed by atoms with E-state index in [9.17, 15) is 0 Å². The number of guanidine groups is 1. The average Bonchev–Trinajstić information content (AvgIpc) is 3.21. The zero-order valence-corrected chi connectivity index (χ0v) is 13.3. The van der Waals surface area contributed by atoms with Gasteiger partial charge in [-0.05, 0) is 37.3 Å². The first-order valence-corrected chi connectivity index (χ1v) is 7.73. The maximum absolute atomic E-state index is 4.72.